The molecule has 1 fully saturated rings. The molecule has 6 heteroatoms. The molecule has 25 heavy (non-hydrogen) atoms. The third kappa shape index (κ3) is 2.21. The number of benzene rings is 1. The standard InChI is InChI=1S/C19H19N5O/c1-11-18(24-8-3-9-24)23-17-12(4-2-5-15(17)21-11)16-10-13-14(22-16)6-7-20-19(13)25/h2,4-5,10,22H,3,6-9H2,1H3,(H,20,25). The van der Waals surface area contributed by atoms with Gasteiger partial charge in [0.05, 0.1) is 16.8 Å². The number of aromatic nitrogens is 3. The van der Waals surface area contributed by atoms with E-state index in [0.717, 1.165) is 64.6 Å². The highest BCUT2D eigenvalue weighted by Crippen LogP contribution is 2.31. The summed E-state index contributed by atoms with van der Waals surface area (Å²) in [6, 6.07) is 7.97. The van der Waals surface area contributed by atoms with E-state index in [1.807, 2.05) is 31.2 Å². The number of rotatable bonds is 2. The van der Waals surface area contributed by atoms with Crippen LogP contribution in [0.15, 0.2) is 24.3 Å². The van der Waals surface area contributed by atoms with Crippen LogP contribution in [0.2, 0.25) is 0 Å². The quantitative estimate of drug-likeness (QED) is 0.755. The highest BCUT2D eigenvalue weighted by Gasteiger charge is 2.23. The SMILES string of the molecule is Cc1nc2cccc(-c3cc4c([nH]3)CCNC4=O)c2nc1N1CCC1. The largest absolute Gasteiger partial charge is 0.358 e. The van der Waals surface area contributed by atoms with Crippen molar-refractivity contribution >= 4 is 22.8 Å². The third-order valence-corrected chi connectivity index (χ3v) is 5.09. The van der Waals surface area contributed by atoms with E-state index in [9.17, 15) is 4.79 Å². The summed E-state index contributed by atoms with van der Waals surface area (Å²) in [4.78, 5) is 27.5. The summed E-state index contributed by atoms with van der Waals surface area (Å²) < 4.78 is 0. The fourth-order valence-electron chi connectivity index (χ4n) is 3.64. The molecule has 0 unspecified atom stereocenters. The molecule has 5 rings (SSSR count). The topological polar surface area (TPSA) is 73.9 Å². The van der Waals surface area contributed by atoms with Crippen molar-refractivity contribution in [1.29, 1.82) is 0 Å². The van der Waals surface area contributed by atoms with E-state index in [4.69, 9.17) is 9.97 Å². The molecule has 126 valence electrons. The predicted octanol–water partition coefficient (Wildman–Crippen LogP) is 2.43. The molecule has 0 aliphatic carbocycles. The van der Waals surface area contributed by atoms with Gasteiger partial charge in [-0.3, -0.25) is 4.79 Å². The minimum atomic E-state index is -0.00724. The van der Waals surface area contributed by atoms with Crippen molar-refractivity contribution in [2.75, 3.05) is 24.5 Å². The lowest BCUT2D eigenvalue weighted by Crippen LogP contribution is -2.38. The molecule has 0 atom stereocenters. The van der Waals surface area contributed by atoms with Crippen LogP contribution in [-0.4, -0.2) is 40.5 Å². The highest BCUT2D eigenvalue weighted by atomic mass is 16.1. The Bertz CT molecular complexity index is 1000. The number of fused-ring (bicyclic) bond motifs is 2. The molecule has 1 amide bonds. The van der Waals surface area contributed by atoms with E-state index in [1.54, 1.807) is 0 Å². The number of anilines is 1. The van der Waals surface area contributed by atoms with Gasteiger partial charge in [0.25, 0.3) is 5.91 Å². The van der Waals surface area contributed by atoms with Crippen LogP contribution in [0.1, 0.15) is 28.2 Å². The van der Waals surface area contributed by atoms with E-state index < -0.39 is 0 Å². The minimum absolute atomic E-state index is 0.00724. The Balaban J connectivity index is 1.69. The van der Waals surface area contributed by atoms with Crippen molar-refractivity contribution < 1.29 is 4.79 Å². The van der Waals surface area contributed by atoms with Gasteiger partial charge in [-0.25, -0.2) is 9.97 Å². The van der Waals surface area contributed by atoms with E-state index in [1.165, 1.54) is 6.42 Å². The summed E-state index contributed by atoms with van der Waals surface area (Å²) in [6.45, 7) is 4.78. The zero-order chi connectivity index (χ0) is 17.0. The second-order valence-corrected chi connectivity index (χ2v) is 6.73. The van der Waals surface area contributed by atoms with E-state index in [0.29, 0.717) is 6.54 Å². The van der Waals surface area contributed by atoms with Crippen molar-refractivity contribution in [2.45, 2.75) is 19.8 Å². The molecular formula is C19H19N5O. The number of nitrogens with zero attached hydrogens (tertiary/aromatic N) is 3. The molecule has 2 aliphatic rings. The average Bonchev–Trinajstić information content (AvgIpc) is 2.99. The Kier molecular flexibility index (Phi) is 3.07. The van der Waals surface area contributed by atoms with Gasteiger partial charge in [-0.1, -0.05) is 12.1 Å². The smallest absolute Gasteiger partial charge is 0.253 e. The maximum Gasteiger partial charge on any atom is 0.253 e. The average molecular weight is 333 g/mol. The van der Waals surface area contributed by atoms with Gasteiger partial charge < -0.3 is 15.2 Å². The number of amides is 1. The molecule has 1 saturated heterocycles. The zero-order valence-electron chi connectivity index (χ0n) is 14.1. The molecule has 1 aromatic carbocycles. The molecule has 2 aliphatic heterocycles. The van der Waals surface area contributed by atoms with Gasteiger partial charge in [-0.05, 0) is 25.5 Å². The first kappa shape index (κ1) is 14.5. The zero-order valence-corrected chi connectivity index (χ0v) is 14.1. The van der Waals surface area contributed by atoms with Crippen LogP contribution in [0, 0.1) is 6.92 Å². The minimum Gasteiger partial charge on any atom is -0.358 e. The van der Waals surface area contributed by atoms with E-state index in [2.05, 4.69) is 15.2 Å². The van der Waals surface area contributed by atoms with Gasteiger partial charge in [0, 0.05) is 43.0 Å². The molecule has 0 saturated carbocycles. The van der Waals surface area contributed by atoms with Gasteiger partial charge in [0.15, 0.2) is 5.82 Å². The number of para-hydroxylation sites is 1. The maximum absolute atomic E-state index is 12.1. The molecule has 3 aromatic rings. The van der Waals surface area contributed by atoms with Crippen LogP contribution in [0.5, 0.6) is 0 Å². The lowest BCUT2D eigenvalue weighted by Gasteiger charge is -2.32. The molecule has 4 heterocycles. The number of carbonyl (C=O) groups excluding carboxylic acids is 1. The summed E-state index contributed by atoms with van der Waals surface area (Å²) in [7, 11) is 0. The van der Waals surface area contributed by atoms with Gasteiger partial charge in [0.2, 0.25) is 0 Å². The fraction of sp³-hybridized carbons (Fsp3) is 0.316. The predicted molar refractivity (Wildman–Crippen MR) is 96.9 cm³/mol. The summed E-state index contributed by atoms with van der Waals surface area (Å²) in [5.41, 5.74) is 6.40. The van der Waals surface area contributed by atoms with Crippen LogP contribution >= 0.6 is 0 Å². The summed E-state index contributed by atoms with van der Waals surface area (Å²) in [6.07, 6.45) is 2.04. The Morgan fingerprint density at radius 3 is 2.80 bits per heavy atom. The monoisotopic (exact) mass is 333 g/mol. The second kappa shape index (κ2) is 5.31. The number of nitrogens with one attached hydrogen (secondary N) is 2. The van der Waals surface area contributed by atoms with Crippen LogP contribution in [0.25, 0.3) is 22.3 Å². The molecular weight excluding hydrogens is 314 g/mol. The molecule has 0 radical (unpaired) electrons. The molecule has 0 spiro atoms. The number of hydrogen-bond acceptors (Lipinski definition) is 4. The summed E-state index contributed by atoms with van der Waals surface area (Å²) in [5.74, 6) is 0.965. The lowest BCUT2D eigenvalue weighted by atomic mass is 10.1. The van der Waals surface area contributed by atoms with Crippen LogP contribution < -0.4 is 10.2 Å². The Morgan fingerprint density at radius 1 is 1.16 bits per heavy atom. The Hall–Kier alpha value is -2.89. The first-order valence-electron chi connectivity index (χ1n) is 8.73. The van der Waals surface area contributed by atoms with Crippen molar-refractivity contribution in [2.24, 2.45) is 0 Å². The van der Waals surface area contributed by atoms with Crippen molar-refractivity contribution in [3.8, 4) is 11.3 Å². The Labute approximate surface area is 145 Å². The summed E-state index contributed by atoms with van der Waals surface area (Å²) >= 11 is 0. The summed E-state index contributed by atoms with van der Waals surface area (Å²) in [5, 5.41) is 2.89. The van der Waals surface area contributed by atoms with Crippen LogP contribution in [-0.2, 0) is 6.42 Å². The first-order valence-corrected chi connectivity index (χ1v) is 8.73. The van der Waals surface area contributed by atoms with Gasteiger partial charge in [-0.15, -0.1) is 0 Å². The third-order valence-electron chi connectivity index (χ3n) is 5.09. The molecule has 0 bridgehead atoms. The second-order valence-electron chi connectivity index (χ2n) is 6.73. The van der Waals surface area contributed by atoms with Crippen molar-refractivity contribution in [3.05, 3.63) is 41.2 Å². The maximum atomic E-state index is 12.1. The number of aromatic amines is 1. The molecule has 6 nitrogen and oxygen atoms in total. The first-order chi connectivity index (χ1) is 12.2. The molecule has 2 N–H and O–H groups in total. The van der Waals surface area contributed by atoms with E-state index >= 15 is 0 Å². The van der Waals surface area contributed by atoms with Gasteiger partial charge >= 0.3 is 0 Å². The highest BCUT2D eigenvalue weighted by molar-refractivity contribution is 5.99. The van der Waals surface area contributed by atoms with Gasteiger partial charge in [0.1, 0.15) is 5.52 Å². The lowest BCUT2D eigenvalue weighted by molar-refractivity contribution is 0.0946. The van der Waals surface area contributed by atoms with Crippen LogP contribution in [0.4, 0.5) is 5.82 Å². The van der Waals surface area contributed by atoms with Crippen molar-refractivity contribution in [3.63, 3.8) is 0 Å². The number of H-pyrrole nitrogens is 1. The Morgan fingerprint density at radius 2 is 2.04 bits per heavy atom. The number of hydrogen-bond donors (Lipinski definition) is 2. The molecule has 2 aromatic heterocycles. The number of aryl methyl sites for hydroxylation is 1. The van der Waals surface area contributed by atoms with E-state index in [-0.39, 0.29) is 5.91 Å². The van der Waals surface area contributed by atoms with Crippen molar-refractivity contribution in [1.82, 2.24) is 20.3 Å². The van der Waals surface area contributed by atoms with Crippen LogP contribution in [0.3, 0.4) is 0 Å². The fourth-order valence-corrected chi connectivity index (χ4v) is 3.64. The normalized spacial score (nSPS) is 16.5. The van der Waals surface area contributed by atoms with Gasteiger partial charge in [-0.2, -0.15) is 0 Å². The number of carbonyl (C=O) groups is 1.